The summed E-state index contributed by atoms with van der Waals surface area (Å²) in [7, 11) is 0. The Morgan fingerprint density at radius 1 is 1.21 bits per heavy atom. The van der Waals surface area contributed by atoms with Crippen molar-refractivity contribution in [2.24, 2.45) is 0 Å². The minimum atomic E-state index is -0.332. The van der Waals surface area contributed by atoms with Gasteiger partial charge in [-0.05, 0) is 56.5 Å². The lowest BCUT2D eigenvalue weighted by molar-refractivity contribution is -0.115. The molecule has 3 rings (SSSR count). The average Bonchev–Trinajstić information content (AvgIpc) is 3.22. The third-order valence-electron chi connectivity index (χ3n) is 4.66. The number of carbonyl (C=O) groups excluding carboxylic acids is 1. The molecule has 1 aromatic carbocycles. The van der Waals surface area contributed by atoms with E-state index in [1.807, 2.05) is 17.0 Å². The normalized spacial score (nSPS) is 11.0. The molecule has 0 aliphatic carbocycles. The minimum absolute atomic E-state index is 0.163. The van der Waals surface area contributed by atoms with Crippen LogP contribution in [0.5, 0.6) is 0 Å². The van der Waals surface area contributed by atoms with Gasteiger partial charge in [0.05, 0.1) is 17.8 Å². The Morgan fingerprint density at radius 2 is 1.96 bits per heavy atom. The summed E-state index contributed by atoms with van der Waals surface area (Å²) in [6.07, 6.45) is 4.77. The van der Waals surface area contributed by atoms with E-state index in [2.05, 4.69) is 29.2 Å². The number of carbonyl (C=O) groups is 1. The number of rotatable bonds is 8. The largest absolute Gasteiger partial charge is 0.326 e. The van der Waals surface area contributed by atoms with Gasteiger partial charge in [0.25, 0.3) is 0 Å². The van der Waals surface area contributed by atoms with Crippen molar-refractivity contribution in [3.05, 3.63) is 58.1 Å². The van der Waals surface area contributed by atoms with Crippen LogP contribution < -0.4 is 5.32 Å². The molecule has 148 valence electrons. The van der Waals surface area contributed by atoms with E-state index in [0.29, 0.717) is 11.4 Å². The van der Waals surface area contributed by atoms with Gasteiger partial charge in [0.15, 0.2) is 0 Å². The summed E-state index contributed by atoms with van der Waals surface area (Å²) in [5.41, 5.74) is 4.71. The maximum absolute atomic E-state index is 13.0. The highest BCUT2D eigenvalue weighted by atomic mass is 32.1. The van der Waals surface area contributed by atoms with E-state index in [4.69, 9.17) is 0 Å². The molecule has 0 saturated carbocycles. The Balaban J connectivity index is 1.67. The Labute approximate surface area is 168 Å². The smallest absolute Gasteiger partial charge is 0.230 e. The van der Waals surface area contributed by atoms with E-state index < -0.39 is 0 Å². The number of hydrogen-bond acceptors (Lipinski definition) is 4. The molecule has 28 heavy (non-hydrogen) atoms. The van der Waals surface area contributed by atoms with Crippen molar-refractivity contribution >= 4 is 22.9 Å². The lowest BCUT2D eigenvalue weighted by atomic mass is 10.1. The fraction of sp³-hybridized carbons (Fsp3) is 0.381. The summed E-state index contributed by atoms with van der Waals surface area (Å²) >= 11 is 1.48. The number of nitrogens with one attached hydrogen (secondary N) is 1. The molecular formula is C21H25FN4OS. The van der Waals surface area contributed by atoms with Gasteiger partial charge in [-0.15, -0.1) is 11.3 Å². The number of nitrogens with zero attached hydrogens (tertiary/aromatic N) is 3. The summed E-state index contributed by atoms with van der Waals surface area (Å²) in [5, 5.41) is 10.1. The van der Waals surface area contributed by atoms with Gasteiger partial charge >= 0.3 is 0 Å². The van der Waals surface area contributed by atoms with Crippen LogP contribution >= 0.6 is 11.3 Å². The number of halogens is 1. The number of thiazole rings is 1. The summed E-state index contributed by atoms with van der Waals surface area (Å²) in [6, 6.07) is 5.71. The first-order valence-electron chi connectivity index (χ1n) is 9.53. The molecule has 0 fully saturated rings. The Hall–Kier alpha value is -2.54. The zero-order chi connectivity index (χ0) is 20.1. The highest BCUT2D eigenvalue weighted by molar-refractivity contribution is 7.12. The van der Waals surface area contributed by atoms with E-state index in [-0.39, 0.29) is 18.1 Å². The maximum Gasteiger partial charge on any atom is 0.230 e. The molecule has 2 aromatic heterocycles. The lowest BCUT2D eigenvalue weighted by Gasteiger charge is -2.04. The van der Waals surface area contributed by atoms with Crippen molar-refractivity contribution in [1.29, 1.82) is 0 Å². The van der Waals surface area contributed by atoms with Gasteiger partial charge < -0.3 is 5.32 Å². The van der Waals surface area contributed by atoms with Crippen LogP contribution in [-0.4, -0.2) is 20.7 Å². The fourth-order valence-corrected chi connectivity index (χ4v) is 3.98. The predicted molar refractivity (Wildman–Crippen MR) is 111 cm³/mol. The van der Waals surface area contributed by atoms with Crippen LogP contribution in [0.4, 0.5) is 10.1 Å². The minimum Gasteiger partial charge on any atom is -0.326 e. The number of aryl methyl sites for hydroxylation is 1. The van der Waals surface area contributed by atoms with Crippen molar-refractivity contribution in [3.63, 3.8) is 0 Å². The second-order valence-corrected chi connectivity index (χ2v) is 7.71. The molecule has 0 radical (unpaired) electrons. The van der Waals surface area contributed by atoms with Crippen LogP contribution in [-0.2, 0) is 17.6 Å². The van der Waals surface area contributed by atoms with Crippen LogP contribution in [0.3, 0.4) is 0 Å². The van der Waals surface area contributed by atoms with Crippen molar-refractivity contribution < 1.29 is 9.18 Å². The summed E-state index contributed by atoms with van der Waals surface area (Å²) in [4.78, 5) is 16.8. The molecule has 0 unspecified atom stereocenters. The van der Waals surface area contributed by atoms with E-state index >= 15 is 0 Å². The molecule has 2 heterocycles. The molecule has 0 spiro atoms. The summed E-state index contributed by atoms with van der Waals surface area (Å²) < 4.78 is 14.8. The quantitative estimate of drug-likeness (QED) is 0.542. The molecule has 5 nitrogen and oxygen atoms in total. The van der Waals surface area contributed by atoms with E-state index in [1.54, 1.807) is 0 Å². The van der Waals surface area contributed by atoms with Crippen LogP contribution in [0.1, 0.15) is 48.8 Å². The second kappa shape index (κ2) is 9.10. The summed E-state index contributed by atoms with van der Waals surface area (Å²) in [6.45, 7) is 6.31. The first kappa shape index (κ1) is 20.2. The van der Waals surface area contributed by atoms with Gasteiger partial charge in [-0.1, -0.05) is 19.8 Å². The van der Waals surface area contributed by atoms with Gasteiger partial charge in [0.1, 0.15) is 5.82 Å². The highest BCUT2D eigenvalue weighted by Crippen LogP contribution is 2.23. The molecule has 3 aromatic rings. The van der Waals surface area contributed by atoms with Gasteiger partial charge in [0.2, 0.25) is 11.0 Å². The van der Waals surface area contributed by atoms with Crippen LogP contribution in [0.25, 0.3) is 5.13 Å². The zero-order valence-electron chi connectivity index (χ0n) is 16.5. The predicted octanol–water partition coefficient (Wildman–Crippen LogP) is 5.00. The van der Waals surface area contributed by atoms with Crippen molar-refractivity contribution in [2.45, 2.75) is 52.9 Å². The molecule has 1 amide bonds. The van der Waals surface area contributed by atoms with Gasteiger partial charge in [-0.3, -0.25) is 4.79 Å². The molecule has 0 aliphatic rings. The molecule has 0 aliphatic heterocycles. The van der Waals surface area contributed by atoms with Crippen molar-refractivity contribution in [2.75, 3.05) is 5.32 Å². The Bertz CT molecular complexity index is 946. The van der Waals surface area contributed by atoms with Gasteiger partial charge in [0, 0.05) is 16.8 Å². The number of hydrogen-bond donors (Lipinski definition) is 1. The Kier molecular flexibility index (Phi) is 6.57. The maximum atomic E-state index is 13.0. The van der Waals surface area contributed by atoms with Crippen LogP contribution in [0.2, 0.25) is 0 Å². The first-order chi connectivity index (χ1) is 13.5. The van der Waals surface area contributed by atoms with E-state index in [1.165, 1.54) is 54.0 Å². The fourth-order valence-electron chi connectivity index (χ4n) is 3.15. The van der Waals surface area contributed by atoms with Gasteiger partial charge in [-0.25, -0.2) is 14.1 Å². The highest BCUT2D eigenvalue weighted by Gasteiger charge is 2.16. The summed E-state index contributed by atoms with van der Waals surface area (Å²) in [5.74, 6) is -0.516. The standard InChI is InChI=1S/C21H25FN4OS/c1-4-5-6-7-19-14(2)25-26(15(19)3)21-24-18(13-28-21)12-20(27)23-17-10-8-16(22)9-11-17/h8-11,13H,4-7,12H2,1-3H3,(H,23,27). The molecule has 1 N–H and O–H groups in total. The van der Waals surface area contributed by atoms with Crippen molar-refractivity contribution in [3.8, 4) is 5.13 Å². The van der Waals surface area contributed by atoms with E-state index in [9.17, 15) is 9.18 Å². The molecule has 0 saturated heterocycles. The molecule has 0 atom stereocenters. The first-order valence-corrected chi connectivity index (χ1v) is 10.4. The van der Waals surface area contributed by atoms with Crippen LogP contribution in [0, 0.1) is 19.7 Å². The molecule has 0 bridgehead atoms. The average molecular weight is 401 g/mol. The second-order valence-electron chi connectivity index (χ2n) is 6.87. The van der Waals surface area contributed by atoms with Gasteiger partial charge in [-0.2, -0.15) is 5.10 Å². The number of anilines is 1. The number of unbranched alkanes of at least 4 members (excludes halogenated alkanes) is 2. The van der Waals surface area contributed by atoms with Crippen molar-refractivity contribution in [1.82, 2.24) is 14.8 Å². The number of benzene rings is 1. The third-order valence-corrected chi connectivity index (χ3v) is 5.53. The molecular weight excluding hydrogens is 375 g/mol. The Morgan fingerprint density at radius 3 is 2.68 bits per heavy atom. The number of amides is 1. The monoisotopic (exact) mass is 400 g/mol. The third kappa shape index (κ3) is 4.84. The van der Waals surface area contributed by atoms with Crippen LogP contribution in [0.15, 0.2) is 29.6 Å². The molecule has 7 heteroatoms. The zero-order valence-corrected chi connectivity index (χ0v) is 17.3. The SMILES string of the molecule is CCCCCc1c(C)nn(-c2nc(CC(=O)Nc3ccc(F)cc3)cs2)c1C. The topological polar surface area (TPSA) is 59.8 Å². The number of aromatic nitrogens is 3. The lowest BCUT2D eigenvalue weighted by Crippen LogP contribution is -2.14. The van der Waals surface area contributed by atoms with E-state index in [0.717, 1.165) is 29.4 Å².